The molecule has 2 fully saturated rings. The quantitative estimate of drug-likeness (QED) is 0.777. The zero-order valence-corrected chi connectivity index (χ0v) is 20.0. The Morgan fingerprint density at radius 1 is 1.28 bits per heavy atom. The fraction of sp³-hybridized carbons (Fsp3) is 0.773. The molecule has 1 saturated carbocycles. The summed E-state index contributed by atoms with van der Waals surface area (Å²) in [6.07, 6.45) is 4.15. The summed E-state index contributed by atoms with van der Waals surface area (Å²) in [5.74, 6) is 0.966. The van der Waals surface area contributed by atoms with Crippen molar-refractivity contribution in [1.82, 2.24) is 9.62 Å². The topological polar surface area (TPSA) is 66.5 Å². The average molecular weight is 439 g/mol. The fourth-order valence-corrected chi connectivity index (χ4v) is 8.57. The third-order valence-electron chi connectivity index (χ3n) is 7.45. The summed E-state index contributed by atoms with van der Waals surface area (Å²) in [7, 11) is -3.73. The molecule has 0 spiro atoms. The Balaban J connectivity index is 1.56. The highest BCUT2D eigenvalue weighted by Crippen LogP contribution is 2.64. The van der Waals surface area contributed by atoms with Crippen molar-refractivity contribution in [3.05, 3.63) is 16.5 Å². The van der Waals surface area contributed by atoms with E-state index < -0.39 is 21.5 Å². The highest BCUT2D eigenvalue weighted by Gasteiger charge is 2.66. The van der Waals surface area contributed by atoms with Gasteiger partial charge in [0.15, 0.2) is 0 Å². The minimum Gasteiger partial charge on any atom is -0.338 e. The van der Waals surface area contributed by atoms with Gasteiger partial charge in [0.1, 0.15) is 10.3 Å². The number of piperidine rings is 1. The van der Waals surface area contributed by atoms with Crippen LogP contribution in [0.3, 0.4) is 0 Å². The molecule has 5 nitrogen and oxygen atoms in total. The van der Waals surface area contributed by atoms with Crippen LogP contribution in [0.4, 0.5) is 0 Å². The maximum Gasteiger partial charge on any atom is 0.250 e. The Labute approximate surface area is 179 Å². The molecule has 1 aliphatic heterocycles. The van der Waals surface area contributed by atoms with E-state index in [0.29, 0.717) is 21.5 Å². The van der Waals surface area contributed by atoms with E-state index in [1.54, 1.807) is 0 Å². The predicted octanol–water partition coefficient (Wildman–Crippen LogP) is 3.82. The lowest BCUT2D eigenvalue weighted by Gasteiger charge is -2.36. The normalized spacial score (nSPS) is 29.3. The molecule has 1 amide bonds. The highest BCUT2D eigenvalue weighted by molar-refractivity contribution is 7.91. The molecule has 4 rings (SSSR count). The number of nitrogens with zero attached hydrogens (tertiary/aromatic N) is 1. The van der Waals surface area contributed by atoms with E-state index in [0.717, 1.165) is 37.8 Å². The van der Waals surface area contributed by atoms with Gasteiger partial charge in [-0.2, -0.15) is 4.72 Å². The van der Waals surface area contributed by atoms with E-state index in [1.807, 2.05) is 31.7 Å². The van der Waals surface area contributed by atoms with E-state index in [9.17, 15) is 13.2 Å². The molecular formula is C22H34N2O3S2. The zero-order valence-electron chi connectivity index (χ0n) is 18.4. The van der Waals surface area contributed by atoms with E-state index >= 15 is 0 Å². The lowest BCUT2D eigenvalue weighted by Crippen LogP contribution is -2.56. The first-order valence-corrected chi connectivity index (χ1v) is 13.1. The molecule has 0 bridgehead atoms. The molecule has 2 heterocycles. The number of fused-ring (bicyclic) bond motifs is 2. The summed E-state index contributed by atoms with van der Waals surface area (Å²) in [6.45, 7) is 13.2. The van der Waals surface area contributed by atoms with E-state index in [4.69, 9.17) is 0 Å². The molecule has 162 valence electrons. The van der Waals surface area contributed by atoms with Crippen LogP contribution in [-0.4, -0.2) is 37.9 Å². The number of sulfonamides is 1. The Bertz CT molecular complexity index is 903. The maximum absolute atomic E-state index is 13.5. The first kappa shape index (κ1) is 21.3. The summed E-state index contributed by atoms with van der Waals surface area (Å²) < 4.78 is 29.6. The molecule has 0 radical (unpaired) electrons. The van der Waals surface area contributed by atoms with Gasteiger partial charge in [0.25, 0.3) is 10.0 Å². The van der Waals surface area contributed by atoms with E-state index in [2.05, 4.69) is 25.5 Å². The summed E-state index contributed by atoms with van der Waals surface area (Å²) in [6, 6.07) is 1.21. The Morgan fingerprint density at radius 3 is 2.48 bits per heavy atom. The van der Waals surface area contributed by atoms with Crippen LogP contribution in [0.25, 0.3) is 0 Å². The smallest absolute Gasteiger partial charge is 0.250 e. The van der Waals surface area contributed by atoms with E-state index in [-0.39, 0.29) is 11.9 Å². The lowest BCUT2D eigenvalue weighted by atomic mass is 9.86. The number of nitrogens with one attached hydrogen (secondary N) is 1. The van der Waals surface area contributed by atoms with Crippen LogP contribution in [0, 0.1) is 22.7 Å². The van der Waals surface area contributed by atoms with E-state index in [1.165, 1.54) is 16.2 Å². The minimum absolute atomic E-state index is 0.0853. The van der Waals surface area contributed by atoms with Gasteiger partial charge in [-0.15, -0.1) is 11.3 Å². The van der Waals surface area contributed by atoms with Crippen LogP contribution in [0.1, 0.15) is 64.8 Å². The number of aryl methyl sites for hydroxylation is 2. The average Bonchev–Trinajstić information content (AvgIpc) is 2.97. The number of amides is 1. The summed E-state index contributed by atoms with van der Waals surface area (Å²) >= 11 is 1.37. The number of rotatable bonds is 4. The third-order valence-corrected chi connectivity index (χ3v) is 10.6. The summed E-state index contributed by atoms with van der Waals surface area (Å²) in [5, 5.41) is 0. The predicted molar refractivity (Wildman–Crippen MR) is 116 cm³/mol. The van der Waals surface area contributed by atoms with Crippen molar-refractivity contribution in [3.8, 4) is 0 Å². The molecule has 1 aromatic rings. The third kappa shape index (κ3) is 3.57. The molecule has 0 aromatic carbocycles. The van der Waals surface area contributed by atoms with Crippen molar-refractivity contribution in [2.45, 2.75) is 83.5 Å². The molecule has 1 unspecified atom stereocenters. The summed E-state index contributed by atoms with van der Waals surface area (Å²) in [5.41, 5.74) is 0.946. The number of carbonyl (C=O) groups is 1. The van der Waals surface area contributed by atoms with Crippen molar-refractivity contribution in [2.75, 3.05) is 6.54 Å². The van der Waals surface area contributed by atoms with Gasteiger partial charge in [-0.3, -0.25) is 4.79 Å². The van der Waals surface area contributed by atoms with Crippen molar-refractivity contribution >= 4 is 27.3 Å². The molecule has 7 heteroatoms. The molecule has 1 aromatic heterocycles. The molecule has 2 aliphatic carbocycles. The van der Waals surface area contributed by atoms with Crippen LogP contribution in [0.5, 0.6) is 0 Å². The summed E-state index contributed by atoms with van der Waals surface area (Å²) in [4.78, 5) is 16.6. The standard InChI is InChI=1S/C22H34N2O3S2/c1-13-18-15(22(18,5)6)12-24(13)20(25)19(21(2,3)4)23-29(26,27)17-11-14-9-7-8-10-16(14)28-17/h11,13,15,18-19,23H,7-10,12H2,1-6H3/t13-,15?,18-,19-/m1/s1. The number of hydrogen-bond donors (Lipinski definition) is 1. The van der Waals surface area contributed by atoms with Gasteiger partial charge in [-0.05, 0) is 66.9 Å². The van der Waals surface area contributed by atoms with Crippen LogP contribution < -0.4 is 4.72 Å². The molecular weight excluding hydrogens is 404 g/mol. The van der Waals surface area contributed by atoms with Crippen molar-refractivity contribution < 1.29 is 13.2 Å². The maximum atomic E-state index is 13.5. The van der Waals surface area contributed by atoms with Gasteiger partial charge < -0.3 is 4.90 Å². The largest absolute Gasteiger partial charge is 0.338 e. The van der Waals surface area contributed by atoms with Gasteiger partial charge in [0, 0.05) is 17.5 Å². The van der Waals surface area contributed by atoms with Gasteiger partial charge in [-0.25, -0.2) is 8.42 Å². The number of likely N-dealkylation sites (tertiary alicyclic amines) is 1. The molecule has 1 saturated heterocycles. The van der Waals surface area contributed by atoms with Crippen molar-refractivity contribution in [1.29, 1.82) is 0 Å². The van der Waals surface area contributed by atoms with Crippen LogP contribution in [0.2, 0.25) is 0 Å². The van der Waals surface area contributed by atoms with Crippen LogP contribution in [-0.2, 0) is 27.7 Å². The van der Waals surface area contributed by atoms with Crippen LogP contribution >= 0.6 is 11.3 Å². The molecule has 1 N–H and O–H groups in total. The van der Waals surface area contributed by atoms with Gasteiger partial charge in [0.05, 0.1) is 0 Å². The first-order chi connectivity index (χ1) is 13.3. The second-order valence-electron chi connectivity index (χ2n) is 10.8. The van der Waals surface area contributed by atoms with Crippen LogP contribution in [0.15, 0.2) is 10.3 Å². The number of thiophene rings is 1. The number of carbonyl (C=O) groups excluding carboxylic acids is 1. The molecule has 4 atom stereocenters. The van der Waals surface area contributed by atoms with Crippen molar-refractivity contribution in [3.63, 3.8) is 0 Å². The Kier molecular flexibility index (Phi) is 4.99. The molecule has 29 heavy (non-hydrogen) atoms. The van der Waals surface area contributed by atoms with Gasteiger partial charge >= 0.3 is 0 Å². The fourth-order valence-electron chi connectivity index (χ4n) is 5.53. The number of hydrogen-bond acceptors (Lipinski definition) is 4. The highest BCUT2D eigenvalue weighted by atomic mass is 32.2. The van der Waals surface area contributed by atoms with Crippen molar-refractivity contribution in [2.24, 2.45) is 22.7 Å². The second kappa shape index (κ2) is 6.79. The minimum atomic E-state index is -3.73. The molecule has 3 aliphatic rings. The monoisotopic (exact) mass is 438 g/mol. The van der Waals surface area contributed by atoms with Gasteiger partial charge in [0.2, 0.25) is 5.91 Å². The zero-order chi connectivity index (χ0) is 21.4. The lowest BCUT2D eigenvalue weighted by molar-refractivity contribution is -0.137. The first-order valence-electron chi connectivity index (χ1n) is 10.8. The SMILES string of the molecule is C[C@@H]1[C@@H]2C(CN1C(=O)[C@@H](NS(=O)(=O)c1cc3c(s1)CCCC3)C(C)(C)C)C2(C)C. The Hall–Kier alpha value is -0.920. The van der Waals surface area contributed by atoms with Gasteiger partial charge in [-0.1, -0.05) is 34.6 Å². The second-order valence-corrected chi connectivity index (χ2v) is 13.9. The Morgan fingerprint density at radius 2 is 1.93 bits per heavy atom.